The first kappa shape index (κ1) is 17.2. The van der Waals surface area contributed by atoms with Gasteiger partial charge in [0.25, 0.3) is 0 Å². The maximum absolute atomic E-state index is 6.28. The Hall–Kier alpha value is -2.21. The molecule has 4 rings (SSSR count). The molecule has 0 aliphatic carbocycles. The molecule has 134 valence electrons. The summed E-state index contributed by atoms with van der Waals surface area (Å²) < 4.78 is 5.98. The predicted octanol–water partition coefficient (Wildman–Crippen LogP) is 3.62. The molecule has 1 aliphatic rings. The molecule has 0 radical (unpaired) electrons. The van der Waals surface area contributed by atoms with E-state index in [-0.39, 0.29) is 6.10 Å². The summed E-state index contributed by atoms with van der Waals surface area (Å²) in [4.78, 5) is 14.6. The first-order valence-electron chi connectivity index (χ1n) is 8.79. The monoisotopic (exact) mass is 368 g/mol. The summed E-state index contributed by atoms with van der Waals surface area (Å²) in [5.74, 6) is 0.978. The van der Waals surface area contributed by atoms with E-state index in [0.717, 1.165) is 53.9 Å². The number of benzene rings is 1. The highest BCUT2D eigenvalue weighted by Gasteiger charge is 2.23. The number of hydrogen-bond acceptors (Lipinski definition) is 4. The van der Waals surface area contributed by atoms with Crippen LogP contribution in [-0.2, 0) is 17.7 Å². The molecule has 0 saturated carbocycles. The first-order chi connectivity index (χ1) is 12.8. The number of morpholine rings is 1. The number of imidazole rings is 1. The molecule has 2 aromatic heterocycles. The summed E-state index contributed by atoms with van der Waals surface area (Å²) in [5.41, 5.74) is 3.06. The second-order valence-corrected chi connectivity index (χ2v) is 6.86. The van der Waals surface area contributed by atoms with Crippen molar-refractivity contribution < 1.29 is 4.74 Å². The van der Waals surface area contributed by atoms with E-state index in [4.69, 9.17) is 21.3 Å². The van der Waals surface area contributed by atoms with Gasteiger partial charge in [-0.2, -0.15) is 0 Å². The van der Waals surface area contributed by atoms with Crippen LogP contribution in [0.1, 0.15) is 28.9 Å². The number of halogens is 1. The largest absolute Gasteiger partial charge is 0.369 e. The van der Waals surface area contributed by atoms with E-state index < -0.39 is 0 Å². The Kier molecular flexibility index (Phi) is 5.29. The zero-order valence-electron chi connectivity index (χ0n) is 14.4. The smallest absolute Gasteiger partial charge is 0.120 e. The van der Waals surface area contributed by atoms with Gasteiger partial charge in [-0.05, 0) is 23.8 Å². The van der Waals surface area contributed by atoms with Crippen LogP contribution in [0.15, 0.2) is 54.9 Å². The average Bonchev–Trinajstić information content (AvgIpc) is 3.17. The van der Waals surface area contributed by atoms with Crippen molar-refractivity contribution in [2.75, 3.05) is 19.7 Å². The second kappa shape index (κ2) is 7.99. The van der Waals surface area contributed by atoms with E-state index in [1.165, 1.54) is 0 Å². The van der Waals surface area contributed by atoms with Crippen molar-refractivity contribution in [3.05, 3.63) is 82.7 Å². The van der Waals surface area contributed by atoms with Crippen LogP contribution >= 0.6 is 11.6 Å². The molecule has 0 bridgehead atoms. The SMILES string of the molecule is Clc1ccccc1Cc1cccc([C@@H]2CN(Cc3ncc[nH]3)CCO2)n1. The van der Waals surface area contributed by atoms with Crippen LogP contribution in [0, 0.1) is 0 Å². The van der Waals surface area contributed by atoms with Crippen LogP contribution < -0.4 is 0 Å². The number of nitrogens with zero attached hydrogens (tertiary/aromatic N) is 3. The molecular weight excluding hydrogens is 348 g/mol. The molecular formula is C20H21ClN4O. The molecule has 0 unspecified atom stereocenters. The second-order valence-electron chi connectivity index (χ2n) is 6.45. The maximum Gasteiger partial charge on any atom is 0.120 e. The normalized spacial score (nSPS) is 18.1. The van der Waals surface area contributed by atoms with Gasteiger partial charge in [-0.1, -0.05) is 35.9 Å². The summed E-state index contributed by atoms with van der Waals surface area (Å²) in [7, 11) is 0. The van der Waals surface area contributed by atoms with Gasteiger partial charge in [-0.25, -0.2) is 4.98 Å². The van der Waals surface area contributed by atoms with Gasteiger partial charge in [0.1, 0.15) is 11.9 Å². The van der Waals surface area contributed by atoms with E-state index >= 15 is 0 Å². The Labute approximate surface area is 158 Å². The summed E-state index contributed by atoms with van der Waals surface area (Å²) in [6.45, 7) is 3.20. The minimum atomic E-state index is -0.0232. The molecule has 1 fully saturated rings. The Balaban J connectivity index is 1.46. The number of H-pyrrole nitrogens is 1. The van der Waals surface area contributed by atoms with Crippen LogP contribution in [0.25, 0.3) is 0 Å². The minimum absolute atomic E-state index is 0.0232. The summed E-state index contributed by atoms with van der Waals surface area (Å²) >= 11 is 6.28. The van der Waals surface area contributed by atoms with Gasteiger partial charge in [0.15, 0.2) is 0 Å². The lowest BCUT2D eigenvalue weighted by Crippen LogP contribution is -2.38. The Morgan fingerprint density at radius 3 is 2.96 bits per heavy atom. The van der Waals surface area contributed by atoms with Gasteiger partial charge in [-0.3, -0.25) is 9.88 Å². The van der Waals surface area contributed by atoms with Crippen LogP contribution in [0.5, 0.6) is 0 Å². The molecule has 1 aliphatic heterocycles. The first-order valence-corrected chi connectivity index (χ1v) is 9.17. The minimum Gasteiger partial charge on any atom is -0.369 e. The molecule has 1 N–H and O–H groups in total. The molecule has 3 heterocycles. The zero-order valence-corrected chi connectivity index (χ0v) is 15.2. The van der Waals surface area contributed by atoms with E-state index in [9.17, 15) is 0 Å². The number of aromatic amines is 1. The lowest BCUT2D eigenvalue weighted by molar-refractivity contribution is -0.0357. The van der Waals surface area contributed by atoms with Crippen molar-refractivity contribution in [2.45, 2.75) is 19.1 Å². The summed E-state index contributed by atoms with van der Waals surface area (Å²) in [5, 5.41) is 0.776. The number of pyridine rings is 1. The lowest BCUT2D eigenvalue weighted by atomic mass is 10.1. The highest BCUT2D eigenvalue weighted by atomic mass is 35.5. The fourth-order valence-electron chi connectivity index (χ4n) is 3.23. The summed E-state index contributed by atoms with van der Waals surface area (Å²) in [6, 6.07) is 14.0. The van der Waals surface area contributed by atoms with Gasteiger partial charge in [0.05, 0.1) is 18.8 Å². The third-order valence-electron chi connectivity index (χ3n) is 4.57. The number of ether oxygens (including phenoxy) is 1. The topological polar surface area (TPSA) is 54.0 Å². The molecule has 3 aromatic rings. The highest BCUT2D eigenvalue weighted by molar-refractivity contribution is 6.31. The van der Waals surface area contributed by atoms with Crippen LogP contribution in [0.2, 0.25) is 5.02 Å². The Morgan fingerprint density at radius 1 is 1.19 bits per heavy atom. The quantitative estimate of drug-likeness (QED) is 0.747. The van der Waals surface area contributed by atoms with Crippen molar-refractivity contribution in [3.63, 3.8) is 0 Å². The van der Waals surface area contributed by atoms with Crippen molar-refractivity contribution in [1.82, 2.24) is 19.9 Å². The van der Waals surface area contributed by atoms with Crippen LogP contribution in [0.4, 0.5) is 0 Å². The molecule has 1 saturated heterocycles. The third-order valence-corrected chi connectivity index (χ3v) is 4.94. The number of nitrogens with one attached hydrogen (secondary N) is 1. The molecule has 0 amide bonds. The molecule has 6 heteroatoms. The number of rotatable bonds is 5. The molecule has 26 heavy (non-hydrogen) atoms. The third kappa shape index (κ3) is 4.12. The van der Waals surface area contributed by atoms with Gasteiger partial charge in [-0.15, -0.1) is 0 Å². The molecule has 1 atom stereocenters. The van der Waals surface area contributed by atoms with Crippen molar-refractivity contribution in [2.24, 2.45) is 0 Å². The van der Waals surface area contributed by atoms with E-state index in [0.29, 0.717) is 6.61 Å². The van der Waals surface area contributed by atoms with Crippen molar-refractivity contribution >= 4 is 11.6 Å². The fourth-order valence-corrected chi connectivity index (χ4v) is 3.44. The standard InChI is InChI=1S/C20H21ClN4O/c21-17-6-2-1-4-15(17)12-16-5-3-7-18(24-16)19-13-25(10-11-26-19)14-20-22-8-9-23-20/h1-9,19H,10-14H2,(H,22,23)/t19-/m0/s1. The predicted molar refractivity (Wildman–Crippen MR) is 101 cm³/mol. The average molecular weight is 369 g/mol. The zero-order chi connectivity index (χ0) is 17.8. The van der Waals surface area contributed by atoms with Crippen molar-refractivity contribution in [3.8, 4) is 0 Å². The van der Waals surface area contributed by atoms with Gasteiger partial charge < -0.3 is 9.72 Å². The fraction of sp³-hybridized carbons (Fsp3) is 0.300. The lowest BCUT2D eigenvalue weighted by Gasteiger charge is -2.32. The van der Waals surface area contributed by atoms with Gasteiger partial charge >= 0.3 is 0 Å². The van der Waals surface area contributed by atoms with Crippen LogP contribution in [0.3, 0.4) is 0 Å². The van der Waals surface area contributed by atoms with E-state index in [2.05, 4.69) is 14.9 Å². The van der Waals surface area contributed by atoms with Crippen molar-refractivity contribution in [1.29, 1.82) is 0 Å². The number of hydrogen-bond donors (Lipinski definition) is 1. The number of aromatic nitrogens is 3. The van der Waals surface area contributed by atoms with Gasteiger partial charge in [0.2, 0.25) is 0 Å². The van der Waals surface area contributed by atoms with E-state index in [1.54, 1.807) is 6.20 Å². The van der Waals surface area contributed by atoms with Gasteiger partial charge in [0, 0.05) is 42.6 Å². The van der Waals surface area contributed by atoms with E-state index in [1.807, 2.05) is 48.7 Å². The Morgan fingerprint density at radius 2 is 2.12 bits per heavy atom. The van der Waals surface area contributed by atoms with Crippen LogP contribution in [-0.4, -0.2) is 39.5 Å². The molecule has 0 spiro atoms. The molecule has 1 aromatic carbocycles. The summed E-state index contributed by atoms with van der Waals surface area (Å²) in [6.07, 6.45) is 4.33. The molecule has 5 nitrogen and oxygen atoms in total. The Bertz CT molecular complexity index is 853. The maximum atomic E-state index is 6.28. The highest BCUT2D eigenvalue weighted by Crippen LogP contribution is 2.23.